The third-order valence-electron chi connectivity index (χ3n) is 14.1. The van der Waals surface area contributed by atoms with Crippen LogP contribution in [0.25, 0.3) is 106 Å². The van der Waals surface area contributed by atoms with Gasteiger partial charge in [0, 0.05) is 66.9 Å². The largest absolute Gasteiger partial charge is 0.314 e. The summed E-state index contributed by atoms with van der Waals surface area (Å²) < 4.78 is 6.88. The van der Waals surface area contributed by atoms with Crippen LogP contribution in [0.4, 0.5) is 11.4 Å². The Kier molecular flexibility index (Phi) is 10.1. The van der Waals surface area contributed by atoms with Crippen LogP contribution in [-0.4, -0.2) is 34.5 Å². The molecule has 74 heavy (non-hydrogen) atoms. The van der Waals surface area contributed by atoms with E-state index in [2.05, 4.69) is 170 Å². The van der Waals surface area contributed by atoms with Gasteiger partial charge in [0.25, 0.3) is 0 Å². The first-order chi connectivity index (χ1) is 36.6. The van der Waals surface area contributed by atoms with Crippen LogP contribution in [0, 0.1) is 5.41 Å². The summed E-state index contributed by atoms with van der Waals surface area (Å²) in [5.74, 6) is 2.17. The molecular weight excluding hydrogens is 905 g/mol. The van der Waals surface area contributed by atoms with E-state index in [0.29, 0.717) is 23.4 Å². The molecule has 0 bridgehead atoms. The Morgan fingerprint density at radius 3 is 1.51 bits per heavy atom. The lowest BCUT2D eigenvalue weighted by Crippen LogP contribution is -2.25. The third-order valence-corrected chi connectivity index (χ3v) is 14.1. The molecule has 14 aromatic rings. The predicted molar refractivity (Wildman–Crippen MR) is 303 cm³/mol. The zero-order chi connectivity index (χ0) is 49.1. The molecule has 0 aliphatic heterocycles. The topological polar surface area (TPSA) is 80.6 Å². The molecule has 0 atom stereocenters. The standard InChI is InChI=1S/C66H44N8/c67-63(44-21-7-1-8-22-44)73(51-31-17-6-18-32-51)60-43-71(49-27-13-4-14-28-49)62-53(60)37-40-59-61(62)55-42-48(36-39-58(55)72(59)50-29-15-5-16-30-50)47-35-38-57-54(41-47)52-33-19-20-34-56(52)74(57)66-69-64(45-23-9-2-10-24-45)68-65(70-66)46-25-11-3-12-26-46/h1-43,67H. The monoisotopic (exact) mass is 948 g/mol. The zero-order valence-corrected chi connectivity index (χ0v) is 40.0. The summed E-state index contributed by atoms with van der Waals surface area (Å²) in [7, 11) is 0. The van der Waals surface area contributed by atoms with E-state index in [-0.39, 0.29) is 0 Å². The maximum absolute atomic E-state index is 9.83. The zero-order valence-electron chi connectivity index (χ0n) is 40.0. The average molecular weight is 949 g/mol. The molecule has 8 nitrogen and oxygen atoms in total. The van der Waals surface area contributed by atoms with Crippen molar-refractivity contribution in [2.24, 2.45) is 0 Å². The molecule has 10 aromatic carbocycles. The average Bonchev–Trinajstić information content (AvgIpc) is 4.14. The molecule has 4 aromatic heterocycles. The highest BCUT2D eigenvalue weighted by molar-refractivity contribution is 6.26. The number of nitrogens with one attached hydrogen (secondary N) is 1. The molecule has 4 heterocycles. The fourth-order valence-electron chi connectivity index (χ4n) is 10.8. The van der Waals surface area contributed by atoms with Crippen LogP contribution < -0.4 is 4.90 Å². The molecule has 0 fully saturated rings. The predicted octanol–water partition coefficient (Wildman–Crippen LogP) is 16.2. The molecule has 1 N–H and O–H groups in total. The lowest BCUT2D eigenvalue weighted by atomic mass is 10.00. The molecule has 0 saturated carbocycles. The van der Waals surface area contributed by atoms with E-state index < -0.39 is 0 Å². The number of amidine groups is 1. The molecular formula is C66H44N8. The van der Waals surface area contributed by atoms with Crippen molar-refractivity contribution in [1.82, 2.24) is 28.7 Å². The van der Waals surface area contributed by atoms with Gasteiger partial charge in [0.2, 0.25) is 5.95 Å². The van der Waals surface area contributed by atoms with E-state index in [4.69, 9.17) is 15.0 Å². The number of hydrogen-bond acceptors (Lipinski definition) is 4. The Labute approximate surface area is 426 Å². The molecule has 0 spiro atoms. The van der Waals surface area contributed by atoms with Crippen LogP contribution in [0.2, 0.25) is 0 Å². The van der Waals surface area contributed by atoms with Crippen molar-refractivity contribution in [2.45, 2.75) is 0 Å². The van der Waals surface area contributed by atoms with Gasteiger partial charge in [-0.25, -0.2) is 4.98 Å². The summed E-state index contributed by atoms with van der Waals surface area (Å²) in [4.78, 5) is 17.4. The Bertz CT molecular complexity index is 4360. The number of anilines is 2. The molecule has 0 amide bonds. The van der Waals surface area contributed by atoms with E-state index in [1.807, 2.05) is 109 Å². The number of hydrogen-bond donors (Lipinski definition) is 1. The molecule has 14 rings (SSSR count). The highest BCUT2D eigenvalue weighted by Crippen LogP contribution is 2.45. The third kappa shape index (κ3) is 7.07. The normalized spacial score (nSPS) is 11.6. The number of aromatic nitrogens is 6. The van der Waals surface area contributed by atoms with Gasteiger partial charge in [-0.3, -0.25) is 14.9 Å². The van der Waals surface area contributed by atoms with E-state index in [0.717, 1.165) is 105 Å². The van der Waals surface area contributed by atoms with Crippen molar-refractivity contribution < 1.29 is 0 Å². The van der Waals surface area contributed by atoms with E-state index in [1.54, 1.807) is 0 Å². The van der Waals surface area contributed by atoms with Gasteiger partial charge in [0.05, 0.1) is 33.3 Å². The fourth-order valence-corrected chi connectivity index (χ4v) is 10.8. The summed E-state index contributed by atoms with van der Waals surface area (Å²) in [6.07, 6.45) is 2.21. The van der Waals surface area contributed by atoms with Crippen molar-refractivity contribution >= 4 is 71.7 Å². The summed E-state index contributed by atoms with van der Waals surface area (Å²) in [6.45, 7) is 0. The summed E-state index contributed by atoms with van der Waals surface area (Å²) >= 11 is 0. The van der Waals surface area contributed by atoms with Crippen LogP contribution in [0.15, 0.2) is 261 Å². The van der Waals surface area contributed by atoms with E-state index in [1.165, 1.54) is 0 Å². The summed E-state index contributed by atoms with van der Waals surface area (Å²) in [6, 6.07) is 88.3. The van der Waals surface area contributed by atoms with Gasteiger partial charge in [0.15, 0.2) is 11.6 Å². The molecule has 0 aliphatic carbocycles. The van der Waals surface area contributed by atoms with Crippen molar-refractivity contribution in [3.63, 3.8) is 0 Å². The maximum atomic E-state index is 9.83. The van der Waals surface area contributed by atoms with E-state index in [9.17, 15) is 5.41 Å². The van der Waals surface area contributed by atoms with Gasteiger partial charge in [-0.15, -0.1) is 0 Å². The molecule has 0 saturated heterocycles. The van der Waals surface area contributed by atoms with Crippen molar-refractivity contribution in [2.75, 3.05) is 4.90 Å². The molecule has 0 aliphatic rings. The minimum atomic E-state index is 0.388. The van der Waals surface area contributed by atoms with Gasteiger partial charge in [-0.05, 0) is 90.0 Å². The molecule has 0 radical (unpaired) electrons. The number of nitrogens with zero attached hydrogens (tertiary/aromatic N) is 7. The second kappa shape index (κ2) is 17.6. The smallest absolute Gasteiger partial charge is 0.238 e. The Morgan fingerprint density at radius 2 is 0.878 bits per heavy atom. The summed E-state index contributed by atoms with van der Waals surface area (Å²) in [5, 5.41) is 15.3. The Hall–Kier alpha value is -10.2. The lowest BCUT2D eigenvalue weighted by molar-refractivity contribution is 0.953. The van der Waals surface area contributed by atoms with Gasteiger partial charge in [0.1, 0.15) is 5.84 Å². The lowest BCUT2D eigenvalue weighted by Gasteiger charge is -2.25. The minimum Gasteiger partial charge on any atom is -0.314 e. The van der Waals surface area contributed by atoms with Crippen LogP contribution in [0.3, 0.4) is 0 Å². The summed E-state index contributed by atoms with van der Waals surface area (Å²) in [5.41, 5.74) is 14.0. The van der Waals surface area contributed by atoms with Gasteiger partial charge >= 0.3 is 0 Å². The SMILES string of the molecule is N=C(c1ccccc1)N(c1ccccc1)c1cn(-c2ccccc2)c2c1ccc1c2c2cc(-c3ccc4c(c3)c3ccccc3n4-c3nc(-c4ccccc4)nc(-c4ccccc4)n3)ccc2n1-c1ccccc1. The highest BCUT2D eigenvalue weighted by Gasteiger charge is 2.26. The van der Waals surface area contributed by atoms with Crippen molar-refractivity contribution in [1.29, 1.82) is 5.41 Å². The van der Waals surface area contributed by atoms with Crippen LogP contribution in [0.1, 0.15) is 5.56 Å². The number of fused-ring (bicyclic) bond motifs is 8. The Balaban J connectivity index is 1.01. The maximum Gasteiger partial charge on any atom is 0.238 e. The molecule has 8 heteroatoms. The second-order valence-corrected chi connectivity index (χ2v) is 18.5. The first kappa shape index (κ1) is 42.7. The van der Waals surface area contributed by atoms with E-state index >= 15 is 0 Å². The minimum absolute atomic E-state index is 0.388. The second-order valence-electron chi connectivity index (χ2n) is 18.5. The highest BCUT2D eigenvalue weighted by atomic mass is 15.2. The van der Waals surface area contributed by atoms with Crippen molar-refractivity contribution in [3.05, 3.63) is 267 Å². The fraction of sp³-hybridized carbons (Fsp3) is 0. The Morgan fingerprint density at radius 1 is 0.378 bits per heavy atom. The van der Waals surface area contributed by atoms with Crippen LogP contribution in [0.5, 0.6) is 0 Å². The number of rotatable bonds is 9. The number of para-hydroxylation sites is 4. The van der Waals surface area contributed by atoms with Gasteiger partial charge in [-0.1, -0.05) is 176 Å². The van der Waals surface area contributed by atoms with Gasteiger partial charge < -0.3 is 9.13 Å². The van der Waals surface area contributed by atoms with Crippen LogP contribution >= 0.6 is 0 Å². The molecule has 348 valence electrons. The van der Waals surface area contributed by atoms with Gasteiger partial charge in [-0.2, -0.15) is 9.97 Å². The molecule has 0 unspecified atom stereocenters. The quantitative estimate of drug-likeness (QED) is 0.115. The van der Waals surface area contributed by atoms with Crippen molar-refractivity contribution in [3.8, 4) is 51.2 Å². The first-order valence-electron chi connectivity index (χ1n) is 24.8. The number of benzene rings is 10. The first-order valence-corrected chi connectivity index (χ1v) is 24.8. The van der Waals surface area contributed by atoms with Crippen LogP contribution in [-0.2, 0) is 0 Å².